The molecule has 1 aromatic carbocycles. The van der Waals surface area contributed by atoms with Crippen LogP contribution in [-0.2, 0) is 9.53 Å². The van der Waals surface area contributed by atoms with E-state index in [9.17, 15) is 4.79 Å². The molecule has 1 amide bonds. The first-order valence-corrected chi connectivity index (χ1v) is 9.26. The van der Waals surface area contributed by atoms with Crippen LogP contribution in [0.15, 0.2) is 29.4 Å². The van der Waals surface area contributed by atoms with Gasteiger partial charge in [0.25, 0.3) is 0 Å². The molecule has 1 aliphatic heterocycles. The van der Waals surface area contributed by atoms with Crippen molar-refractivity contribution in [3.63, 3.8) is 0 Å². The fourth-order valence-corrected chi connectivity index (χ4v) is 3.63. The summed E-state index contributed by atoms with van der Waals surface area (Å²) in [5, 5.41) is 8.80. The molecule has 0 unspecified atom stereocenters. The standard InChI is InChI=1S/C17H23N5O2S/c1-11-4-6-14(7-5-11)16-19-20-17(22(16)18)25-10-15(23)21-8-12(2)24-13(3)9-21/h4-7,12-13H,8-10,18H2,1-3H3/t12-,13+. The number of aryl methyl sites for hydroxylation is 1. The zero-order chi connectivity index (χ0) is 18.0. The molecule has 0 aliphatic carbocycles. The largest absolute Gasteiger partial charge is 0.372 e. The summed E-state index contributed by atoms with van der Waals surface area (Å²) < 4.78 is 7.10. The Kier molecular flexibility index (Phi) is 5.29. The number of benzene rings is 1. The van der Waals surface area contributed by atoms with Crippen molar-refractivity contribution in [3.8, 4) is 11.4 Å². The van der Waals surface area contributed by atoms with Gasteiger partial charge in [0.05, 0.1) is 18.0 Å². The molecule has 1 aliphatic rings. The maximum absolute atomic E-state index is 12.4. The highest BCUT2D eigenvalue weighted by Gasteiger charge is 2.26. The van der Waals surface area contributed by atoms with Gasteiger partial charge in [-0.1, -0.05) is 41.6 Å². The minimum atomic E-state index is 0.0593. The Hall–Kier alpha value is -2.06. The monoisotopic (exact) mass is 361 g/mol. The minimum absolute atomic E-state index is 0.0593. The number of carbonyl (C=O) groups is 1. The molecule has 2 heterocycles. The molecule has 1 saturated heterocycles. The Morgan fingerprint density at radius 2 is 1.88 bits per heavy atom. The Bertz CT molecular complexity index is 736. The highest BCUT2D eigenvalue weighted by molar-refractivity contribution is 7.99. The van der Waals surface area contributed by atoms with Crippen molar-refractivity contribution in [2.45, 2.75) is 38.1 Å². The van der Waals surface area contributed by atoms with Gasteiger partial charge < -0.3 is 15.5 Å². The third kappa shape index (κ3) is 4.13. The van der Waals surface area contributed by atoms with E-state index in [1.165, 1.54) is 22.0 Å². The van der Waals surface area contributed by atoms with Gasteiger partial charge in [0, 0.05) is 18.7 Å². The highest BCUT2D eigenvalue weighted by Crippen LogP contribution is 2.22. The predicted molar refractivity (Wildman–Crippen MR) is 97.7 cm³/mol. The highest BCUT2D eigenvalue weighted by atomic mass is 32.2. The number of amides is 1. The molecule has 134 valence electrons. The average Bonchev–Trinajstić information content (AvgIpc) is 2.93. The number of nitrogen functional groups attached to an aromatic ring is 1. The van der Waals surface area contributed by atoms with Crippen molar-refractivity contribution in [1.29, 1.82) is 0 Å². The van der Waals surface area contributed by atoms with Crippen LogP contribution in [0, 0.1) is 6.92 Å². The minimum Gasteiger partial charge on any atom is -0.372 e. The molecule has 2 atom stereocenters. The molecule has 7 nitrogen and oxygen atoms in total. The summed E-state index contributed by atoms with van der Waals surface area (Å²) in [6.07, 6.45) is 0.119. The fourth-order valence-electron chi connectivity index (χ4n) is 2.87. The van der Waals surface area contributed by atoms with Gasteiger partial charge in [-0.05, 0) is 20.8 Å². The van der Waals surface area contributed by atoms with Gasteiger partial charge in [-0.3, -0.25) is 4.79 Å². The Morgan fingerprint density at radius 3 is 2.52 bits per heavy atom. The molecule has 0 radical (unpaired) electrons. The second-order valence-corrected chi connectivity index (χ2v) is 7.33. The van der Waals surface area contributed by atoms with E-state index in [0.29, 0.717) is 24.1 Å². The lowest BCUT2D eigenvalue weighted by atomic mass is 10.1. The van der Waals surface area contributed by atoms with Crippen LogP contribution in [0.1, 0.15) is 19.4 Å². The summed E-state index contributed by atoms with van der Waals surface area (Å²) in [5.74, 6) is 7.04. The maximum atomic E-state index is 12.4. The van der Waals surface area contributed by atoms with E-state index < -0.39 is 0 Å². The summed E-state index contributed by atoms with van der Waals surface area (Å²) in [7, 11) is 0. The van der Waals surface area contributed by atoms with E-state index in [0.717, 1.165) is 5.56 Å². The lowest BCUT2D eigenvalue weighted by Gasteiger charge is -2.35. The first kappa shape index (κ1) is 17.8. The van der Waals surface area contributed by atoms with Gasteiger partial charge in [0.2, 0.25) is 11.1 Å². The SMILES string of the molecule is Cc1ccc(-c2nnc(SCC(=O)N3C[C@@H](C)O[C@@H](C)C3)n2N)cc1. The number of hydrogen-bond donors (Lipinski definition) is 1. The van der Waals surface area contributed by atoms with Crippen LogP contribution in [0.3, 0.4) is 0 Å². The van der Waals surface area contributed by atoms with E-state index in [4.69, 9.17) is 10.6 Å². The summed E-state index contributed by atoms with van der Waals surface area (Å²) in [4.78, 5) is 14.3. The molecule has 1 aromatic heterocycles. The second kappa shape index (κ2) is 7.45. The smallest absolute Gasteiger partial charge is 0.233 e. The Morgan fingerprint density at radius 1 is 1.24 bits per heavy atom. The van der Waals surface area contributed by atoms with Crippen LogP contribution < -0.4 is 5.84 Å². The summed E-state index contributed by atoms with van der Waals surface area (Å²) in [6, 6.07) is 7.92. The van der Waals surface area contributed by atoms with Crippen molar-refractivity contribution in [2.24, 2.45) is 0 Å². The van der Waals surface area contributed by atoms with E-state index in [1.807, 2.05) is 49.9 Å². The molecule has 2 aromatic rings. The lowest BCUT2D eigenvalue weighted by Crippen LogP contribution is -2.48. The number of aromatic nitrogens is 3. The van der Waals surface area contributed by atoms with Crippen LogP contribution in [0.25, 0.3) is 11.4 Å². The molecule has 0 bridgehead atoms. The van der Waals surface area contributed by atoms with Gasteiger partial charge in [0.1, 0.15) is 0 Å². The number of rotatable bonds is 4. The first-order chi connectivity index (χ1) is 11.9. The Labute approximate surface area is 151 Å². The molecule has 3 rings (SSSR count). The number of hydrogen-bond acceptors (Lipinski definition) is 6. The lowest BCUT2D eigenvalue weighted by molar-refractivity contribution is -0.140. The summed E-state index contributed by atoms with van der Waals surface area (Å²) >= 11 is 1.30. The van der Waals surface area contributed by atoms with E-state index in [-0.39, 0.29) is 23.9 Å². The normalized spacial score (nSPS) is 20.7. The quantitative estimate of drug-likeness (QED) is 0.659. The number of ether oxygens (including phenoxy) is 1. The van der Waals surface area contributed by atoms with Crippen LogP contribution in [0.2, 0.25) is 0 Å². The number of morpholine rings is 1. The van der Waals surface area contributed by atoms with Gasteiger partial charge in [0.15, 0.2) is 5.82 Å². The van der Waals surface area contributed by atoms with Crippen molar-refractivity contribution < 1.29 is 9.53 Å². The van der Waals surface area contributed by atoms with Crippen LogP contribution in [0.5, 0.6) is 0 Å². The van der Waals surface area contributed by atoms with Gasteiger partial charge in [-0.2, -0.15) is 0 Å². The van der Waals surface area contributed by atoms with E-state index in [2.05, 4.69) is 10.2 Å². The topological polar surface area (TPSA) is 86.3 Å². The molecule has 0 spiro atoms. The molecule has 25 heavy (non-hydrogen) atoms. The third-order valence-electron chi connectivity index (χ3n) is 4.07. The number of carbonyl (C=O) groups excluding carboxylic acids is 1. The van der Waals surface area contributed by atoms with Crippen molar-refractivity contribution in [2.75, 3.05) is 24.7 Å². The number of nitrogens with zero attached hydrogens (tertiary/aromatic N) is 4. The summed E-state index contributed by atoms with van der Waals surface area (Å²) in [5.41, 5.74) is 2.07. The van der Waals surface area contributed by atoms with Gasteiger partial charge in [-0.25, -0.2) is 4.68 Å². The molecule has 1 fully saturated rings. The molecule has 2 N–H and O–H groups in total. The van der Waals surface area contributed by atoms with Crippen molar-refractivity contribution in [1.82, 2.24) is 19.8 Å². The van der Waals surface area contributed by atoms with Crippen molar-refractivity contribution >= 4 is 17.7 Å². The van der Waals surface area contributed by atoms with Crippen molar-refractivity contribution in [3.05, 3.63) is 29.8 Å². The Balaban J connectivity index is 1.64. The average molecular weight is 361 g/mol. The zero-order valence-corrected chi connectivity index (χ0v) is 15.5. The molecule has 0 saturated carbocycles. The van der Waals surface area contributed by atoms with Gasteiger partial charge in [-0.15, -0.1) is 10.2 Å². The molecular formula is C17H23N5O2S. The fraction of sp³-hybridized carbons (Fsp3) is 0.471. The van der Waals surface area contributed by atoms with Crippen LogP contribution >= 0.6 is 11.8 Å². The first-order valence-electron chi connectivity index (χ1n) is 8.27. The molecule has 8 heteroatoms. The van der Waals surface area contributed by atoms with Gasteiger partial charge >= 0.3 is 0 Å². The number of nitrogens with two attached hydrogens (primary N) is 1. The zero-order valence-electron chi connectivity index (χ0n) is 14.7. The maximum Gasteiger partial charge on any atom is 0.233 e. The van der Waals surface area contributed by atoms with Crippen LogP contribution in [-0.4, -0.2) is 56.7 Å². The summed E-state index contributed by atoms with van der Waals surface area (Å²) in [6.45, 7) is 7.22. The van der Waals surface area contributed by atoms with E-state index in [1.54, 1.807) is 0 Å². The number of thioether (sulfide) groups is 1. The molecular weight excluding hydrogens is 338 g/mol. The van der Waals surface area contributed by atoms with E-state index >= 15 is 0 Å². The third-order valence-corrected chi connectivity index (χ3v) is 5.00. The van der Waals surface area contributed by atoms with Crippen LogP contribution in [0.4, 0.5) is 0 Å². The second-order valence-electron chi connectivity index (χ2n) is 6.39. The predicted octanol–water partition coefficient (Wildman–Crippen LogP) is 1.70.